The van der Waals surface area contributed by atoms with E-state index in [9.17, 15) is 17.6 Å². The standard InChI is InChI=1S/C12H11F4N3/c1-7(17)8-2-3-10(9(13)6-8)19-5-4-11(18-19)12(14,15)16/h2-7H,17H2,1H3. The van der Waals surface area contributed by atoms with Gasteiger partial charge in [-0.2, -0.15) is 18.3 Å². The van der Waals surface area contributed by atoms with Crippen molar-refractivity contribution in [2.75, 3.05) is 0 Å². The molecule has 0 saturated heterocycles. The SMILES string of the molecule is CC(N)c1ccc(-n2ccc(C(F)(F)F)n2)c(F)c1. The Kier molecular flexibility index (Phi) is 3.32. The van der Waals surface area contributed by atoms with Gasteiger partial charge in [0, 0.05) is 12.2 Å². The highest BCUT2D eigenvalue weighted by Gasteiger charge is 2.33. The van der Waals surface area contributed by atoms with Gasteiger partial charge in [0.05, 0.1) is 0 Å². The van der Waals surface area contributed by atoms with Gasteiger partial charge in [-0.1, -0.05) is 6.07 Å². The van der Waals surface area contributed by atoms with E-state index >= 15 is 0 Å². The van der Waals surface area contributed by atoms with Crippen LogP contribution in [-0.4, -0.2) is 9.78 Å². The lowest BCUT2D eigenvalue weighted by atomic mass is 10.1. The zero-order valence-electron chi connectivity index (χ0n) is 9.95. The summed E-state index contributed by atoms with van der Waals surface area (Å²) in [5.41, 5.74) is 5.03. The molecule has 1 aromatic carbocycles. The van der Waals surface area contributed by atoms with Crippen LogP contribution >= 0.6 is 0 Å². The van der Waals surface area contributed by atoms with Crippen LogP contribution in [0.1, 0.15) is 24.2 Å². The van der Waals surface area contributed by atoms with Crippen molar-refractivity contribution in [3.8, 4) is 5.69 Å². The molecular formula is C12H11F4N3. The molecule has 0 aliphatic carbocycles. The number of hydrogen-bond acceptors (Lipinski definition) is 2. The lowest BCUT2D eigenvalue weighted by molar-refractivity contribution is -0.141. The van der Waals surface area contributed by atoms with Crippen molar-refractivity contribution in [2.45, 2.75) is 19.1 Å². The van der Waals surface area contributed by atoms with E-state index in [2.05, 4.69) is 5.10 Å². The Balaban J connectivity index is 2.40. The Labute approximate surface area is 106 Å². The van der Waals surface area contributed by atoms with Crippen molar-refractivity contribution >= 4 is 0 Å². The van der Waals surface area contributed by atoms with Crippen LogP contribution in [0.15, 0.2) is 30.5 Å². The van der Waals surface area contributed by atoms with E-state index in [1.54, 1.807) is 13.0 Å². The van der Waals surface area contributed by atoms with E-state index in [0.29, 0.717) is 5.56 Å². The van der Waals surface area contributed by atoms with Gasteiger partial charge < -0.3 is 5.73 Å². The van der Waals surface area contributed by atoms with Crippen LogP contribution in [-0.2, 0) is 6.18 Å². The molecule has 102 valence electrons. The van der Waals surface area contributed by atoms with Crippen molar-refractivity contribution in [1.82, 2.24) is 9.78 Å². The van der Waals surface area contributed by atoms with Crippen LogP contribution in [0.3, 0.4) is 0 Å². The van der Waals surface area contributed by atoms with Crippen LogP contribution in [0, 0.1) is 5.82 Å². The van der Waals surface area contributed by atoms with Gasteiger partial charge in [0.2, 0.25) is 0 Å². The second-order valence-electron chi connectivity index (χ2n) is 4.14. The lowest BCUT2D eigenvalue weighted by Crippen LogP contribution is -2.09. The number of halogens is 4. The normalized spacial score (nSPS) is 13.6. The predicted octanol–water partition coefficient (Wildman–Crippen LogP) is 3.05. The molecule has 0 radical (unpaired) electrons. The third-order valence-corrected chi connectivity index (χ3v) is 2.62. The van der Waals surface area contributed by atoms with Gasteiger partial charge in [-0.05, 0) is 30.7 Å². The molecule has 0 fully saturated rings. The second kappa shape index (κ2) is 4.65. The molecule has 0 bridgehead atoms. The smallest absolute Gasteiger partial charge is 0.324 e. The molecule has 19 heavy (non-hydrogen) atoms. The zero-order valence-corrected chi connectivity index (χ0v) is 9.95. The highest BCUT2D eigenvalue weighted by Crippen LogP contribution is 2.28. The molecule has 2 rings (SSSR count). The first-order valence-corrected chi connectivity index (χ1v) is 5.47. The molecule has 3 nitrogen and oxygen atoms in total. The van der Waals surface area contributed by atoms with Gasteiger partial charge in [-0.3, -0.25) is 0 Å². The van der Waals surface area contributed by atoms with Crippen molar-refractivity contribution in [3.63, 3.8) is 0 Å². The topological polar surface area (TPSA) is 43.8 Å². The van der Waals surface area contributed by atoms with E-state index in [1.165, 1.54) is 12.1 Å². The fourth-order valence-electron chi connectivity index (χ4n) is 1.60. The first-order chi connectivity index (χ1) is 8.79. The van der Waals surface area contributed by atoms with Crippen LogP contribution in [0.2, 0.25) is 0 Å². The fraction of sp³-hybridized carbons (Fsp3) is 0.250. The van der Waals surface area contributed by atoms with Gasteiger partial charge in [0.25, 0.3) is 0 Å². The largest absolute Gasteiger partial charge is 0.435 e. The minimum absolute atomic E-state index is 0.0556. The Morgan fingerprint density at radius 1 is 1.26 bits per heavy atom. The van der Waals surface area contributed by atoms with Gasteiger partial charge in [-0.25, -0.2) is 9.07 Å². The van der Waals surface area contributed by atoms with Crippen molar-refractivity contribution in [3.05, 3.63) is 47.5 Å². The van der Waals surface area contributed by atoms with E-state index in [4.69, 9.17) is 5.73 Å². The number of alkyl halides is 3. The Morgan fingerprint density at radius 3 is 2.42 bits per heavy atom. The van der Waals surface area contributed by atoms with Crippen molar-refractivity contribution in [1.29, 1.82) is 0 Å². The summed E-state index contributed by atoms with van der Waals surface area (Å²) in [6, 6.07) is 4.53. The number of nitrogens with zero attached hydrogens (tertiary/aromatic N) is 2. The average molecular weight is 273 g/mol. The van der Waals surface area contributed by atoms with E-state index in [1.807, 2.05) is 0 Å². The van der Waals surface area contributed by atoms with Gasteiger partial charge >= 0.3 is 6.18 Å². The Hall–Kier alpha value is -1.89. The monoisotopic (exact) mass is 273 g/mol. The molecule has 1 heterocycles. The molecule has 0 amide bonds. The quantitative estimate of drug-likeness (QED) is 0.855. The number of aromatic nitrogens is 2. The number of hydrogen-bond donors (Lipinski definition) is 1. The van der Waals surface area contributed by atoms with Gasteiger partial charge in [0.15, 0.2) is 5.69 Å². The number of benzene rings is 1. The molecule has 7 heteroatoms. The third kappa shape index (κ3) is 2.76. The number of rotatable bonds is 2. The fourth-order valence-corrected chi connectivity index (χ4v) is 1.60. The summed E-state index contributed by atoms with van der Waals surface area (Å²) in [5, 5.41) is 3.31. The summed E-state index contributed by atoms with van der Waals surface area (Å²) < 4.78 is 51.9. The molecule has 0 saturated carbocycles. The van der Waals surface area contributed by atoms with Crippen LogP contribution < -0.4 is 5.73 Å². The minimum Gasteiger partial charge on any atom is -0.324 e. The van der Waals surface area contributed by atoms with E-state index in [-0.39, 0.29) is 11.7 Å². The zero-order chi connectivity index (χ0) is 14.2. The van der Waals surface area contributed by atoms with Crippen LogP contribution in [0.25, 0.3) is 5.69 Å². The maximum atomic E-state index is 13.8. The molecule has 2 aromatic rings. The molecule has 2 N–H and O–H groups in total. The van der Waals surface area contributed by atoms with Crippen LogP contribution in [0.5, 0.6) is 0 Å². The Bertz CT molecular complexity index is 587. The predicted molar refractivity (Wildman–Crippen MR) is 61.1 cm³/mol. The molecular weight excluding hydrogens is 262 g/mol. The minimum atomic E-state index is -4.55. The van der Waals surface area contributed by atoms with Crippen molar-refractivity contribution in [2.24, 2.45) is 5.73 Å². The summed E-state index contributed by atoms with van der Waals surface area (Å²) in [4.78, 5) is 0. The number of nitrogens with two attached hydrogens (primary N) is 1. The molecule has 0 aliphatic heterocycles. The van der Waals surface area contributed by atoms with E-state index < -0.39 is 17.7 Å². The Morgan fingerprint density at radius 2 is 1.95 bits per heavy atom. The third-order valence-electron chi connectivity index (χ3n) is 2.62. The van der Waals surface area contributed by atoms with Gasteiger partial charge in [-0.15, -0.1) is 0 Å². The summed E-state index contributed by atoms with van der Waals surface area (Å²) in [6.45, 7) is 1.68. The summed E-state index contributed by atoms with van der Waals surface area (Å²) in [6.07, 6.45) is -3.49. The van der Waals surface area contributed by atoms with Crippen LogP contribution in [0.4, 0.5) is 17.6 Å². The maximum Gasteiger partial charge on any atom is 0.435 e. The van der Waals surface area contributed by atoms with E-state index in [0.717, 1.165) is 16.9 Å². The molecule has 1 aromatic heterocycles. The summed E-state index contributed by atoms with van der Waals surface area (Å²) in [5.74, 6) is -0.674. The molecule has 1 atom stereocenters. The second-order valence-corrected chi connectivity index (χ2v) is 4.14. The molecule has 1 unspecified atom stereocenters. The first-order valence-electron chi connectivity index (χ1n) is 5.47. The van der Waals surface area contributed by atoms with Gasteiger partial charge in [0.1, 0.15) is 11.5 Å². The maximum absolute atomic E-state index is 13.8. The highest BCUT2D eigenvalue weighted by atomic mass is 19.4. The molecule has 0 spiro atoms. The first kappa shape index (κ1) is 13.5. The van der Waals surface area contributed by atoms with Crippen molar-refractivity contribution < 1.29 is 17.6 Å². The summed E-state index contributed by atoms with van der Waals surface area (Å²) >= 11 is 0. The average Bonchev–Trinajstić information content (AvgIpc) is 2.77. The molecule has 0 aliphatic rings. The highest BCUT2D eigenvalue weighted by molar-refractivity contribution is 5.37. The summed E-state index contributed by atoms with van der Waals surface area (Å²) in [7, 11) is 0. The lowest BCUT2D eigenvalue weighted by Gasteiger charge is -2.09.